The van der Waals surface area contributed by atoms with Crippen LogP contribution in [0.5, 0.6) is 0 Å². The molecule has 1 aromatic rings. The maximum atomic E-state index is 4.39. The minimum absolute atomic E-state index is 0.646. The fourth-order valence-electron chi connectivity index (χ4n) is 2.42. The summed E-state index contributed by atoms with van der Waals surface area (Å²) in [7, 11) is 2.06. The summed E-state index contributed by atoms with van der Waals surface area (Å²) >= 11 is 0. The molecule has 1 fully saturated rings. The van der Waals surface area contributed by atoms with Gasteiger partial charge in [0.05, 0.1) is 5.69 Å². The van der Waals surface area contributed by atoms with Gasteiger partial charge in [0.1, 0.15) is 0 Å². The van der Waals surface area contributed by atoms with Crippen molar-refractivity contribution in [1.82, 2.24) is 15.2 Å². The van der Waals surface area contributed by atoms with E-state index in [2.05, 4.69) is 41.3 Å². The third-order valence-electron chi connectivity index (χ3n) is 3.51. The molecule has 88 valence electrons. The first kappa shape index (κ1) is 11.6. The largest absolute Gasteiger partial charge is 0.317 e. The lowest BCUT2D eigenvalue weighted by Gasteiger charge is -2.37. The highest BCUT2D eigenvalue weighted by molar-refractivity contribution is 5.04. The van der Waals surface area contributed by atoms with Gasteiger partial charge in [-0.15, -0.1) is 0 Å². The number of likely N-dealkylation sites (tertiary alicyclic amines) is 1. The second-order valence-corrected chi connectivity index (χ2v) is 4.65. The van der Waals surface area contributed by atoms with Crippen LogP contribution in [0.25, 0.3) is 0 Å². The smallest absolute Gasteiger partial charge is 0.0544 e. The molecule has 3 heteroatoms. The zero-order valence-corrected chi connectivity index (χ0v) is 10.2. The van der Waals surface area contributed by atoms with Gasteiger partial charge in [-0.25, -0.2) is 0 Å². The van der Waals surface area contributed by atoms with Gasteiger partial charge >= 0.3 is 0 Å². The zero-order chi connectivity index (χ0) is 11.4. The second kappa shape index (κ2) is 5.41. The SMILES string of the molecule is CNC1CCN(Cc2ccccn2)C(C)C1. The van der Waals surface area contributed by atoms with Crippen LogP contribution < -0.4 is 5.32 Å². The molecule has 3 nitrogen and oxygen atoms in total. The van der Waals surface area contributed by atoms with Gasteiger partial charge in [-0.1, -0.05) is 6.07 Å². The van der Waals surface area contributed by atoms with E-state index in [0.29, 0.717) is 12.1 Å². The molecule has 2 heterocycles. The van der Waals surface area contributed by atoms with Gasteiger partial charge in [0.2, 0.25) is 0 Å². The van der Waals surface area contributed by atoms with E-state index in [1.807, 2.05) is 12.3 Å². The average Bonchev–Trinajstić information content (AvgIpc) is 2.33. The number of rotatable bonds is 3. The van der Waals surface area contributed by atoms with Crippen molar-refractivity contribution >= 4 is 0 Å². The lowest BCUT2D eigenvalue weighted by Crippen LogP contribution is -2.46. The Morgan fingerprint density at radius 1 is 1.50 bits per heavy atom. The van der Waals surface area contributed by atoms with Gasteiger partial charge in [-0.3, -0.25) is 9.88 Å². The first-order chi connectivity index (χ1) is 7.79. The lowest BCUT2D eigenvalue weighted by atomic mass is 9.98. The van der Waals surface area contributed by atoms with E-state index in [-0.39, 0.29) is 0 Å². The monoisotopic (exact) mass is 219 g/mol. The fourth-order valence-corrected chi connectivity index (χ4v) is 2.42. The van der Waals surface area contributed by atoms with E-state index in [1.165, 1.54) is 25.1 Å². The maximum absolute atomic E-state index is 4.39. The Hall–Kier alpha value is -0.930. The van der Waals surface area contributed by atoms with Gasteiger partial charge in [0.15, 0.2) is 0 Å². The van der Waals surface area contributed by atoms with Gasteiger partial charge < -0.3 is 5.32 Å². The van der Waals surface area contributed by atoms with E-state index < -0.39 is 0 Å². The van der Waals surface area contributed by atoms with Crippen molar-refractivity contribution in [3.8, 4) is 0 Å². The van der Waals surface area contributed by atoms with Crippen molar-refractivity contribution in [2.75, 3.05) is 13.6 Å². The third kappa shape index (κ3) is 2.80. The highest BCUT2D eigenvalue weighted by Crippen LogP contribution is 2.18. The Morgan fingerprint density at radius 3 is 3.00 bits per heavy atom. The Morgan fingerprint density at radius 2 is 2.38 bits per heavy atom. The Labute approximate surface area is 97.9 Å². The van der Waals surface area contributed by atoms with Crippen molar-refractivity contribution < 1.29 is 0 Å². The van der Waals surface area contributed by atoms with Crippen molar-refractivity contribution in [2.24, 2.45) is 0 Å². The van der Waals surface area contributed by atoms with Crippen LogP contribution in [-0.2, 0) is 6.54 Å². The van der Waals surface area contributed by atoms with Crippen LogP contribution >= 0.6 is 0 Å². The molecule has 0 saturated carbocycles. The molecule has 2 unspecified atom stereocenters. The molecule has 16 heavy (non-hydrogen) atoms. The molecule has 1 aromatic heterocycles. The molecule has 2 atom stereocenters. The van der Waals surface area contributed by atoms with Gasteiger partial charge in [0, 0.05) is 31.4 Å². The summed E-state index contributed by atoms with van der Waals surface area (Å²) in [5.74, 6) is 0. The van der Waals surface area contributed by atoms with Crippen LogP contribution in [0, 0.1) is 0 Å². The van der Waals surface area contributed by atoms with E-state index in [4.69, 9.17) is 0 Å². The van der Waals surface area contributed by atoms with Gasteiger partial charge in [0.25, 0.3) is 0 Å². The molecule has 1 aliphatic rings. The highest BCUT2D eigenvalue weighted by atomic mass is 15.2. The second-order valence-electron chi connectivity index (χ2n) is 4.65. The van der Waals surface area contributed by atoms with Crippen molar-refractivity contribution in [3.63, 3.8) is 0 Å². The summed E-state index contributed by atoms with van der Waals surface area (Å²) in [5.41, 5.74) is 1.18. The Kier molecular flexibility index (Phi) is 3.91. The fraction of sp³-hybridized carbons (Fsp3) is 0.615. The van der Waals surface area contributed by atoms with Crippen LogP contribution in [0.15, 0.2) is 24.4 Å². The number of hydrogen-bond donors (Lipinski definition) is 1. The first-order valence-electron chi connectivity index (χ1n) is 6.11. The standard InChI is InChI=1S/C13H21N3/c1-11-9-12(14-2)6-8-16(11)10-13-5-3-4-7-15-13/h3-5,7,11-12,14H,6,8-10H2,1-2H3. The van der Waals surface area contributed by atoms with Crippen LogP contribution in [0.3, 0.4) is 0 Å². The Balaban J connectivity index is 1.92. The van der Waals surface area contributed by atoms with Crippen LogP contribution in [0.2, 0.25) is 0 Å². The van der Waals surface area contributed by atoms with E-state index in [1.54, 1.807) is 0 Å². The van der Waals surface area contributed by atoms with Crippen molar-refractivity contribution in [2.45, 2.75) is 38.4 Å². The number of hydrogen-bond acceptors (Lipinski definition) is 3. The van der Waals surface area contributed by atoms with Crippen LogP contribution in [0.4, 0.5) is 0 Å². The molecule has 0 spiro atoms. The zero-order valence-electron chi connectivity index (χ0n) is 10.2. The van der Waals surface area contributed by atoms with Gasteiger partial charge in [-0.2, -0.15) is 0 Å². The highest BCUT2D eigenvalue weighted by Gasteiger charge is 2.24. The summed E-state index contributed by atoms with van der Waals surface area (Å²) in [4.78, 5) is 6.91. The number of piperidine rings is 1. The minimum Gasteiger partial charge on any atom is -0.317 e. The van der Waals surface area contributed by atoms with Crippen LogP contribution in [0.1, 0.15) is 25.5 Å². The summed E-state index contributed by atoms with van der Waals surface area (Å²) in [6.07, 6.45) is 4.36. The van der Waals surface area contributed by atoms with Gasteiger partial charge in [-0.05, 0) is 38.9 Å². The minimum atomic E-state index is 0.646. The predicted molar refractivity (Wildman–Crippen MR) is 66.2 cm³/mol. The molecule has 0 bridgehead atoms. The maximum Gasteiger partial charge on any atom is 0.0544 e. The summed E-state index contributed by atoms with van der Waals surface area (Å²) in [6.45, 7) is 4.47. The summed E-state index contributed by atoms with van der Waals surface area (Å²) in [6, 6.07) is 7.48. The Bertz CT molecular complexity index is 312. The summed E-state index contributed by atoms with van der Waals surface area (Å²) in [5, 5.41) is 3.38. The molecule has 0 aliphatic carbocycles. The molecule has 0 amide bonds. The van der Waals surface area contributed by atoms with Crippen molar-refractivity contribution in [1.29, 1.82) is 0 Å². The van der Waals surface area contributed by atoms with E-state index in [9.17, 15) is 0 Å². The number of nitrogens with zero attached hydrogens (tertiary/aromatic N) is 2. The first-order valence-corrected chi connectivity index (χ1v) is 6.11. The number of pyridine rings is 1. The van der Waals surface area contributed by atoms with Crippen LogP contribution in [-0.4, -0.2) is 35.6 Å². The average molecular weight is 219 g/mol. The lowest BCUT2D eigenvalue weighted by molar-refractivity contribution is 0.130. The molecular formula is C13H21N3. The molecule has 1 aliphatic heterocycles. The number of aromatic nitrogens is 1. The normalized spacial score (nSPS) is 26.9. The topological polar surface area (TPSA) is 28.2 Å². The summed E-state index contributed by atoms with van der Waals surface area (Å²) < 4.78 is 0. The molecule has 1 N–H and O–H groups in total. The number of nitrogens with one attached hydrogen (secondary N) is 1. The van der Waals surface area contributed by atoms with E-state index >= 15 is 0 Å². The molecule has 1 saturated heterocycles. The molecule has 2 rings (SSSR count). The predicted octanol–water partition coefficient (Wildman–Crippen LogP) is 1.65. The van der Waals surface area contributed by atoms with E-state index in [0.717, 1.165) is 6.54 Å². The third-order valence-corrected chi connectivity index (χ3v) is 3.51. The quantitative estimate of drug-likeness (QED) is 0.838. The molecule has 0 radical (unpaired) electrons. The molecule has 0 aromatic carbocycles. The van der Waals surface area contributed by atoms with Crippen molar-refractivity contribution in [3.05, 3.63) is 30.1 Å². The molecular weight excluding hydrogens is 198 g/mol.